The Morgan fingerprint density at radius 3 is 1.30 bits per heavy atom. The first-order chi connectivity index (χ1) is 27.1. The molecule has 0 radical (unpaired) electrons. The number of carbonyl (C=O) groups is 3. The zero-order valence-electron chi connectivity index (χ0n) is 35.7. The molecule has 3 unspecified atom stereocenters. The molecule has 4 N–H and O–H groups in total. The molecule has 0 aromatic carbocycles. The van der Waals surface area contributed by atoms with Gasteiger partial charge in [0.15, 0.2) is 6.10 Å². The number of unbranched alkanes of at least 4 members (excludes halogenated alkanes) is 27. The molecule has 0 fully saturated rings. The van der Waals surface area contributed by atoms with Crippen molar-refractivity contribution in [3.63, 3.8) is 0 Å². The van der Waals surface area contributed by atoms with E-state index in [1.807, 2.05) is 0 Å². The van der Waals surface area contributed by atoms with Gasteiger partial charge in [-0.3, -0.25) is 23.4 Å². The number of carbonyl (C=O) groups excluding carboxylic acids is 2. The number of carboxylic acid groups (broad SMARTS) is 1. The highest BCUT2D eigenvalue weighted by atomic mass is 31.2. The average Bonchev–Trinajstić information content (AvgIpc) is 3.17. The molecule has 0 aliphatic carbocycles. The van der Waals surface area contributed by atoms with Crippen molar-refractivity contribution in [2.45, 2.75) is 231 Å². The molecule has 330 valence electrons. The fourth-order valence-electron chi connectivity index (χ4n) is 6.41. The smallest absolute Gasteiger partial charge is 0.472 e. The lowest BCUT2D eigenvalue weighted by Gasteiger charge is -2.20. The molecule has 0 aromatic heterocycles. The largest absolute Gasteiger partial charge is 0.480 e. The summed E-state index contributed by atoms with van der Waals surface area (Å²) in [5.41, 5.74) is 5.34. The molecular weight excluding hydrogens is 733 g/mol. The number of ether oxygens (including phenoxy) is 2. The van der Waals surface area contributed by atoms with Gasteiger partial charge in [0, 0.05) is 12.8 Å². The van der Waals surface area contributed by atoms with Crippen LogP contribution in [0.1, 0.15) is 219 Å². The van der Waals surface area contributed by atoms with E-state index < -0.39 is 51.1 Å². The van der Waals surface area contributed by atoms with Crippen molar-refractivity contribution in [2.75, 3.05) is 19.8 Å². The Morgan fingerprint density at radius 1 is 0.536 bits per heavy atom. The molecule has 3 atom stereocenters. The molecule has 0 aliphatic rings. The third kappa shape index (κ3) is 39.1. The lowest BCUT2D eigenvalue weighted by Crippen LogP contribution is -2.34. The highest BCUT2D eigenvalue weighted by molar-refractivity contribution is 7.47. The predicted molar refractivity (Wildman–Crippen MR) is 226 cm³/mol. The molecular formula is C44H84NO10P. The minimum absolute atomic E-state index is 0.155. The molecule has 0 rings (SSSR count). The Morgan fingerprint density at radius 2 is 0.893 bits per heavy atom. The number of allylic oxidation sites excluding steroid dienone is 2. The molecule has 12 heteroatoms. The van der Waals surface area contributed by atoms with Crippen LogP contribution in [0.3, 0.4) is 0 Å². The summed E-state index contributed by atoms with van der Waals surface area (Å²) in [6.07, 6.45) is 39.8. The Kier molecular flexibility index (Phi) is 38.7. The van der Waals surface area contributed by atoms with Gasteiger partial charge in [0.05, 0.1) is 13.2 Å². The van der Waals surface area contributed by atoms with Crippen LogP contribution in [-0.2, 0) is 37.5 Å². The van der Waals surface area contributed by atoms with E-state index >= 15 is 0 Å². The van der Waals surface area contributed by atoms with Gasteiger partial charge in [0.1, 0.15) is 12.6 Å². The van der Waals surface area contributed by atoms with Crippen LogP contribution in [0, 0.1) is 0 Å². The summed E-state index contributed by atoms with van der Waals surface area (Å²) >= 11 is 0. The minimum atomic E-state index is -4.71. The van der Waals surface area contributed by atoms with Crippen molar-refractivity contribution >= 4 is 25.7 Å². The Balaban J connectivity index is 4.31. The van der Waals surface area contributed by atoms with Crippen molar-refractivity contribution in [2.24, 2.45) is 5.73 Å². The van der Waals surface area contributed by atoms with Crippen LogP contribution in [0.2, 0.25) is 0 Å². The monoisotopic (exact) mass is 818 g/mol. The van der Waals surface area contributed by atoms with Gasteiger partial charge in [-0.05, 0) is 38.5 Å². The highest BCUT2D eigenvalue weighted by Gasteiger charge is 2.28. The van der Waals surface area contributed by atoms with E-state index in [9.17, 15) is 23.8 Å². The van der Waals surface area contributed by atoms with Crippen LogP contribution in [0.25, 0.3) is 0 Å². The number of rotatable bonds is 43. The molecule has 11 nitrogen and oxygen atoms in total. The SMILES string of the molecule is CCCCCCCC/C=C\CCCCCCCC(=O)OC(COC(=O)CCCCCCCCCCCCCCCCCCC)COP(=O)(O)OCC(N)C(=O)O. The number of esters is 2. The van der Waals surface area contributed by atoms with Crippen LogP contribution in [0.5, 0.6) is 0 Å². The maximum atomic E-state index is 12.6. The fourth-order valence-corrected chi connectivity index (χ4v) is 7.19. The summed E-state index contributed by atoms with van der Waals surface area (Å²) in [6.45, 7) is 2.82. The van der Waals surface area contributed by atoms with Gasteiger partial charge in [-0.15, -0.1) is 0 Å². The molecule has 0 bridgehead atoms. The Labute approximate surface area is 341 Å². The van der Waals surface area contributed by atoms with E-state index in [0.717, 1.165) is 57.8 Å². The van der Waals surface area contributed by atoms with Gasteiger partial charge in [-0.2, -0.15) is 0 Å². The number of phosphoric ester groups is 1. The van der Waals surface area contributed by atoms with E-state index in [1.165, 1.54) is 122 Å². The van der Waals surface area contributed by atoms with Crippen molar-refractivity contribution in [1.82, 2.24) is 0 Å². The van der Waals surface area contributed by atoms with Gasteiger partial charge < -0.3 is 25.2 Å². The van der Waals surface area contributed by atoms with Crippen LogP contribution in [0.4, 0.5) is 0 Å². The van der Waals surface area contributed by atoms with Crippen molar-refractivity contribution < 1.29 is 47.5 Å². The van der Waals surface area contributed by atoms with E-state index in [0.29, 0.717) is 12.8 Å². The van der Waals surface area contributed by atoms with Gasteiger partial charge in [-0.25, -0.2) is 4.57 Å². The average molecular weight is 818 g/mol. The molecule has 0 amide bonds. The molecule has 0 aromatic rings. The minimum Gasteiger partial charge on any atom is -0.480 e. The summed E-state index contributed by atoms with van der Waals surface area (Å²) in [4.78, 5) is 46.0. The van der Waals surface area contributed by atoms with E-state index in [-0.39, 0.29) is 19.4 Å². The predicted octanol–water partition coefficient (Wildman–Crippen LogP) is 12.1. The van der Waals surface area contributed by atoms with Crippen LogP contribution in [0.15, 0.2) is 12.2 Å². The highest BCUT2D eigenvalue weighted by Crippen LogP contribution is 2.43. The van der Waals surface area contributed by atoms with E-state index in [2.05, 4.69) is 30.5 Å². The summed E-state index contributed by atoms with van der Waals surface area (Å²) in [5, 5.41) is 8.89. The summed E-state index contributed by atoms with van der Waals surface area (Å²) in [5.74, 6) is -2.37. The molecule has 0 heterocycles. The topological polar surface area (TPSA) is 172 Å². The summed E-state index contributed by atoms with van der Waals surface area (Å²) in [7, 11) is -4.71. The standard InChI is InChI=1S/C44H84NO10P/c1-3-5-7-9-11-13-15-17-19-20-22-23-25-27-29-31-33-35-42(46)52-37-40(38-53-56(50,51)54-39-41(45)44(48)49)55-43(47)36-34-32-30-28-26-24-21-18-16-14-12-10-8-6-4-2/h18,21,40-41H,3-17,19-20,22-39,45H2,1-2H3,(H,48,49)(H,50,51)/b21-18-. The van der Waals surface area contributed by atoms with Crippen molar-refractivity contribution in [3.8, 4) is 0 Å². The number of nitrogens with two attached hydrogens (primary N) is 1. The van der Waals surface area contributed by atoms with E-state index in [1.54, 1.807) is 0 Å². The summed E-state index contributed by atoms with van der Waals surface area (Å²) < 4.78 is 32.7. The lowest BCUT2D eigenvalue weighted by atomic mass is 10.0. The van der Waals surface area contributed by atoms with Gasteiger partial charge in [-0.1, -0.05) is 180 Å². The first-order valence-electron chi connectivity index (χ1n) is 22.7. The van der Waals surface area contributed by atoms with Crippen molar-refractivity contribution in [1.29, 1.82) is 0 Å². The number of hydrogen-bond acceptors (Lipinski definition) is 9. The van der Waals surface area contributed by atoms with Crippen LogP contribution < -0.4 is 5.73 Å². The second-order valence-corrected chi connectivity index (χ2v) is 17.0. The number of hydrogen-bond donors (Lipinski definition) is 3. The van der Waals surface area contributed by atoms with Gasteiger partial charge in [0.2, 0.25) is 0 Å². The second kappa shape index (κ2) is 40.0. The third-order valence-corrected chi connectivity index (χ3v) is 11.0. The third-order valence-electron chi connectivity index (χ3n) is 10.0. The fraction of sp³-hybridized carbons (Fsp3) is 0.886. The Hall–Kier alpha value is -1.78. The maximum absolute atomic E-state index is 12.6. The van der Waals surface area contributed by atoms with Gasteiger partial charge >= 0.3 is 25.7 Å². The van der Waals surface area contributed by atoms with Crippen LogP contribution >= 0.6 is 7.82 Å². The normalized spacial score (nSPS) is 13.8. The second-order valence-electron chi connectivity index (χ2n) is 15.5. The zero-order chi connectivity index (χ0) is 41.4. The van der Waals surface area contributed by atoms with E-state index in [4.69, 9.17) is 24.8 Å². The maximum Gasteiger partial charge on any atom is 0.472 e. The summed E-state index contributed by atoms with van der Waals surface area (Å²) in [6, 6.07) is -1.52. The first-order valence-corrected chi connectivity index (χ1v) is 24.2. The Bertz CT molecular complexity index is 1010. The first kappa shape index (κ1) is 54.2. The number of carboxylic acids is 1. The molecule has 0 saturated carbocycles. The van der Waals surface area contributed by atoms with Crippen molar-refractivity contribution in [3.05, 3.63) is 12.2 Å². The molecule has 56 heavy (non-hydrogen) atoms. The number of phosphoric acid groups is 1. The molecule has 0 aliphatic heterocycles. The lowest BCUT2D eigenvalue weighted by molar-refractivity contribution is -0.161. The van der Waals surface area contributed by atoms with Crippen LogP contribution in [-0.4, -0.2) is 59.9 Å². The zero-order valence-corrected chi connectivity index (χ0v) is 36.6. The molecule has 0 spiro atoms. The molecule has 0 saturated heterocycles. The quantitative estimate of drug-likeness (QED) is 0.0231. The number of aliphatic carboxylic acids is 1. The van der Waals surface area contributed by atoms with Gasteiger partial charge in [0.25, 0.3) is 0 Å².